The standard InChI is InChI=1S/C33H46N2O6/c1-8-9-25(35(32(39)41-33(4,5)6)21-24-11-15-29(36)30(37)19-24)12-10-22(2)16-17-34-28-20-26(40-7)13-14-27(28)23(3)18-31(34)38/h11,13-15,18-20,22,25,36-37H,8-10,12,16-17,21H2,1-7H3. The Morgan fingerprint density at radius 3 is 2.37 bits per heavy atom. The van der Waals surface area contributed by atoms with Crippen LogP contribution in [0.15, 0.2) is 47.3 Å². The Balaban J connectivity index is 1.77. The van der Waals surface area contributed by atoms with Crippen molar-refractivity contribution in [2.75, 3.05) is 7.11 Å². The molecule has 2 unspecified atom stereocenters. The minimum absolute atomic E-state index is 0.0208. The van der Waals surface area contributed by atoms with Gasteiger partial charge in [-0.1, -0.05) is 26.3 Å². The highest BCUT2D eigenvalue weighted by atomic mass is 16.6. The van der Waals surface area contributed by atoms with Gasteiger partial charge in [-0.05, 0) is 94.7 Å². The summed E-state index contributed by atoms with van der Waals surface area (Å²) < 4.78 is 13.0. The molecule has 41 heavy (non-hydrogen) atoms. The largest absolute Gasteiger partial charge is 0.504 e. The minimum atomic E-state index is -0.650. The average Bonchev–Trinajstić information content (AvgIpc) is 2.90. The number of amides is 1. The van der Waals surface area contributed by atoms with Gasteiger partial charge in [0.05, 0.1) is 12.6 Å². The molecule has 0 aliphatic carbocycles. The topological polar surface area (TPSA) is 101 Å². The highest BCUT2D eigenvalue weighted by molar-refractivity contribution is 5.83. The number of methoxy groups -OCH3 is 1. The summed E-state index contributed by atoms with van der Waals surface area (Å²) in [7, 11) is 1.62. The van der Waals surface area contributed by atoms with E-state index in [1.807, 2.05) is 50.5 Å². The van der Waals surface area contributed by atoms with Crippen LogP contribution in [0.1, 0.15) is 77.8 Å². The van der Waals surface area contributed by atoms with Crippen LogP contribution in [-0.4, -0.2) is 44.5 Å². The summed E-state index contributed by atoms with van der Waals surface area (Å²) in [6.07, 6.45) is 3.75. The Morgan fingerprint density at radius 1 is 1.00 bits per heavy atom. The molecule has 8 heteroatoms. The highest BCUT2D eigenvalue weighted by Gasteiger charge is 2.28. The lowest BCUT2D eigenvalue weighted by Gasteiger charge is -2.34. The second-order valence-corrected chi connectivity index (χ2v) is 12.0. The Bertz CT molecular complexity index is 1390. The zero-order valence-corrected chi connectivity index (χ0v) is 25.6. The van der Waals surface area contributed by atoms with Crippen LogP contribution in [0.5, 0.6) is 17.2 Å². The number of aromatic nitrogens is 1. The smallest absolute Gasteiger partial charge is 0.410 e. The predicted octanol–water partition coefficient (Wildman–Crippen LogP) is 7.14. The molecule has 0 aliphatic heterocycles. The number of nitrogens with zero attached hydrogens (tertiary/aromatic N) is 2. The SMILES string of the molecule is CCCC(CCC(C)CCn1c(=O)cc(C)c2ccc(OC)cc21)N(Cc1ccc(O)c(O)c1)C(=O)OC(C)(C)C. The molecule has 0 bridgehead atoms. The maximum atomic E-state index is 13.4. The summed E-state index contributed by atoms with van der Waals surface area (Å²) in [5, 5.41) is 20.8. The van der Waals surface area contributed by atoms with E-state index >= 15 is 0 Å². The molecule has 1 amide bonds. The molecule has 224 valence electrons. The minimum Gasteiger partial charge on any atom is -0.504 e. The molecule has 3 rings (SSSR count). The van der Waals surface area contributed by atoms with Crippen LogP contribution in [-0.2, 0) is 17.8 Å². The van der Waals surface area contributed by atoms with E-state index in [9.17, 15) is 19.8 Å². The molecule has 0 saturated carbocycles. The van der Waals surface area contributed by atoms with Crippen molar-refractivity contribution in [2.45, 2.75) is 98.4 Å². The molecular weight excluding hydrogens is 520 g/mol. The third kappa shape index (κ3) is 8.65. The Labute approximate surface area is 243 Å². The van der Waals surface area contributed by atoms with Crippen LogP contribution in [0.2, 0.25) is 0 Å². The number of hydrogen-bond acceptors (Lipinski definition) is 6. The second-order valence-electron chi connectivity index (χ2n) is 12.0. The number of carbonyl (C=O) groups excluding carboxylic acids is 1. The van der Waals surface area contributed by atoms with E-state index < -0.39 is 11.7 Å². The van der Waals surface area contributed by atoms with Gasteiger partial charge in [0.15, 0.2) is 11.5 Å². The first-order valence-corrected chi connectivity index (χ1v) is 14.5. The van der Waals surface area contributed by atoms with Crippen LogP contribution in [0.4, 0.5) is 4.79 Å². The second kappa shape index (κ2) is 13.8. The molecule has 0 fully saturated rings. The summed E-state index contributed by atoms with van der Waals surface area (Å²) >= 11 is 0. The fourth-order valence-corrected chi connectivity index (χ4v) is 5.17. The maximum absolute atomic E-state index is 13.4. The van der Waals surface area contributed by atoms with Gasteiger partial charge in [0.1, 0.15) is 11.4 Å². The fraction of sp³-hybridized carbons (Fsp3) is 0.515. The third-order valence-electron chi connectivity index (χ3n) is 7.45. The molecule has 8 nitrogen and oxygen atoms in total. The first kappa shape index (κ1) is 31.8. The van der Waals surface area contributed by atoms with Gasteiger partial charge in [-0.25, -0.2) is 4.79 Å². The number of rotatable bonds is 12. The fourth-order valence-electron chi connectivity index (χ4n) is 5.17. The van der Waals surface area contributed by atoms with Crippen LogP contribution in [0.3, 0.4) is 0 Å². The number of fused-ring (bicyclic) bond motifs is 1. The summed E-state index contributed by atoms with van der Waals surface area (Å²) in [5.74, 6) is 0.608. The monoisotopic (exact) mass is 566 g/mol. The number of hydrogen-bond donors (Lipinski definition) is 2. The van der Waals surface area contributed by atoms with E-state index in [-0.39, 0.29) is 29.6 Å². The van der Waals surface area contributed by atoms with Gasteiger partial charge in [0.25, 0.3) is 5.56 Å². The number of ether oxygens (including phenoxy) is 2. The third-order valence-corrected chi connectivity index (χ3v) is 7.45. The molecular formula is C33H46N2O6. The van der Waals surface area contributed by atoms with Crippen molar-refractivity contribution in [3.63, 3.8) is 0 Å². The number of pyridine rings is 1. The van der Waals surface area contributed by atoms with Gasteiger partial charge < -0.3 is 29.2 Å². The summed E-state index contributed by atoms with van der Waals surface area (Å²) in [6, 6.07) is 12.1. The molecule has 3 aromatic rings. The van der Waals surface area contributed by atoms with Gasteiger partial charge in [-0.3, -0.25) is 4.79 Å². The zero-order chi connectivity index (χ0) is 30.3. The van der Waals surface area contributed by atoms with Gasteiger partial charge >= 0.3 is 6.09 Å². The lowest BCUT2D eigenvalue weighted by molar-refractivity contribution is 0.0113. The van der Waals surface area contributed by atoms with Crippen LogP contribution >= 0.6 is 0 Å². The molecule has 2 N–H and O–H groups in total. The molecule has 2 aromatic carbocycles. The van der Waals surface area contributed by atoms with Gasteiger partial charge in [0, 0.05) is 36.7 Å². The summed E-state index contributed by atoms with van der Waals surface area (Å²) in [6.45, 7) is 12.6. The van der Waals surface area contributed by atoms with Crippen LogP contribution < -0.4 is 10.3 Å². The van der Waals surface area contributed by atoms with Crippen molar-refractivity contribution in [1.82, 2.24) is 9.47 Å². The molecule has 0 aliphatic rings. The van der Waals surface area contributed by atoms with Crippen LogP contribution in [0.25, 0.3) is 10.9 Å². The summed E-state index contributed by atoms with van der Waals surface area (Å²) in [5.41, 5.74) is 1.86. The maximum Gasteiger partial charge on any atom is 0.410 e. The number of aromatic hydroxyl groups is 2. The normalized spacial score (nSPS) is 13.1. The van der Waals surface area contributed by atoms with E-state index in [1.54, 1.807) is 24.1 Å². The summed E-state index contributed by atoms with van der Waals surface area (Å²) in [4.78, 5) is 28.1. The lowest BCUT2D eigenvalue weighted by atomic mass is 9.95. The highest BCUT2D eigenvalue weighted by Crippen LogP contribution is 2.29. The number of aryl methyl sites for hydroxylation is 2. The Morgan fingerprint density at radius 2 is 1.73 bits per heavy atom. The van der Waals surface area contributed by atoms with E-state index in [4.69, 9.17) is 9.47 Å². The van der Waals surface area contributed by atoms with E-state index in [0.29, 0.717) is 18.0 Å². The quantitative estimate of drug-likeness (QED) is 0.226. The first-order chi connectivity index (χ1) is 19.3. The molecule has 1 aromatic heterocycles. The molecule has 1 heterocycles. The number of benzene rings is 2. The predicted molar refractivity (Wildman–Crippen MR) is 163 cm³/mol. The number of phenols is 2. The van der Waals surface area contributed by atoms with Gasteiger partial charge in [0.2, 0.25) is 0 Å². The van der Waals surface area contributed by atoms with Crippen molar-refractivity contribution in [2.24, 2.45) is 5.92 Å². The lowest BCUT2D eigenvalue weighted by Crippen LogP contribution is -2.43. The van der Waals surface area contributed by atoms with Crippen molar-refractivity contribution in [1.29, 1.82) is 0 Å². The van der Waals surface area contributed by atoms with Crippen molar-refractivity contribution in [3.05, 3.63) is 63.9 Å². The van der Waals surface area contributed by atoms with E-state index in [0.717, 1.165) is 54.3 Å². The van der Waals surface area contributed by atoms with Gasteiger partial charge in [-0.15, -0.1) is 0 Å². The molecule has 2 atom stereocenters. The Kier molecular flexibility index (Phi) is 10.7. The van der Waals surface area contributed by atoms with E-state index in [1.165, 1.54) is 12.1 Å². The zero-order valence-electron chi connectivity index (χ0n) is 25.6. The molecule has 0 spiro atoms. The van der Waals surface area contributed by atoms with Crippen molar-refractivity contribution in [3.8, 4) is 17.2 Å². The van der Waals surface area contributed by atoms with Crippen molar-refractivity contribution < 1.29 is 24.5 Å². The van der Waals surface area contributed by atoms with E-state index in [2.05, 4.69) is 13.8 Å². The van der Waals surface area contributed by atoms with Crippen molar-refractivity contribution >= 4 is 17.0 Å². The first-order valence-electron chi connectivity index (χ1n) is 14.5. The Hall–Kier alpha value is -3.68. The molecule has 0 saturated heterocycles. The molecule has 0 radical (unpaired) electrons. The number of phenolic OH excluding ortho intramolecular Hbond substituents is 2. The average molecular weight is 567 g/mol. The number of carbonyl (C=O) groups is 1. The van der Waals surface area contributed by atoms with Gasteiger partial charge in [-0.2, -0.15) is 0 Å². The van der Waals surface area contributed by atoms with Crippen LogP contribution in [0, 0.1) is 12.8 Å².